The Morgan fingerprint density at radius 1 is 0.711 bits per heavy atom. The molecule has 2 saturated heterocycles. The van der Waals surface area contributed by atoms with Crippen LogP contribution < -0.4 is 15.2 Å². The molecule has 1 aliphatic carbocycles. The van der Waals surface area contributed by atoms with Gasteiger partial charge in [-0.2, -0.15) is 0 Å². The van der Waals surface area contributed by atoms with E-state index in [-0.39, 0.29) is 12.1 Å². The van der Waals surface area contributed by atoms with E-state index in [4.69, 9.17) is 26.8 Å². The van der Waals surface area contributed by atoms with Crippen LogP contribution in [-0.4, -0.2) is 60.0 Å². The Morgan fingerprint density at radius 3 is 1.96 bits per heavy atom. The molecule has 0 spiro atoms. The fraction of sp³-hybridized carbons (Fsp3) is 0.378. The highest BCUT2D eigenvalue weighted by Crippen LogP contribution is 2.33. The van der Waals surface area contributed by atoms with Gasteiger partial charge in [0.15, 0.2) is 0 Å². The Kier molecular flexibility index (Phi) is 10.8. The first-order valence-corrected chi connectivity index (χ1v) is 17.3. The summed E-state index contributed by atoms with van der Waals surface area (Å²) in [5, 5.41) is 3.27. The van der Waals surface area contributed by atoms with Crippen molar-refractivity contribution in [2.75, 3.05) is 26.2 Å². The number of amides is 1. The molecule has 1 unspecified atom stereocenters. The maximum Gasteiger partial charge on any atom is 0.209 e. The fourth-order valence-corrected chi connectivity index (χ4v) is 7.32. The third-order valence-corrected chi connectivity index (χ3v) is 10.1. The van der Waals surface area contributed by atoms with Crippen LogP contribution in [0.15, 0.2) is 89.8 Å². The normalized spacial score (nSPS) is 19.3. The average Bonchev–Trinajstić information content (AvgIpc) is 3.75. The maximum absolute atomic E-state index is 10.0. The fourth-order valence-electron chi connectivity index (χ4n) is 6.19. The van der Waals surface area contributed by atoms with E-state index >= 15 is 0 Å². The number of ether oxygens (including phenoxy) is 2. The Balaban J connectivity index is 0.000000390. The van der Waals surface area contributed by atoms with Gasteiger partial charge in [0.2, 0.25) is 6.41 Å². The summed E-state index contributed by atoms with van der Waals surface area (Å²) in [6.45, 7) is 3.61. The van der Waals surface area contributed by atoms with Crippen LogP contribution in [0.3, 0.4) is 0 Å². The predicted molar refractivity (Wildman–Crippen MR) is 185 cm³/mol. The molecular formula is C37H42ClN3O3S. The highest BCUT2D eigenvalue weighted by Gasteiger charge is 2.22. The minimum atomic E-state index is 0.222. The standard InChI is InChI=1S/C32H32ClNO2S.C5H10N2O/c33-27-11-5-23(6-12-27)24-7-13-29(14-8-24)35-30-17-19-34(20-18-30)37-32-16-10-25-21-31(15-9-26(25)22-32)36-28-3-1-2-4-28;6-5-1-2-7(3-5)4-8/h5-16,21-22,28,30H,1-4,17-20H2;4-5H,1-3,6H2. The minimum absolute atomic E-state index is 0.222. The number of carbonyl (C=O) groups excluding carboxylic acids is 1. The van der Waals surface area contributed by atoms with Crippen molar-refractivity contribution in [3.05, 3.63) is 90.0 Å². The number of halogens is 1. The molecule has 45 heavy (non-hydrogen) atoms. The number of fused-ring (bicyclic) bond motifs is 1. The van der Waals surface area contributed by atoms with Gasteiger partial charge in [-0.15, -0.1) is 0 Å². The van der Waals surface area contributed by atoms with Crippen LogP contribution >= 0.6 is 23.5 Å². The molecule has 1 amide bonds. The van der Waals surface area contributed by atoms with Crippen LogP contribution in [0.1, 0.15) is 44.9 Å². The van der Waals surface area contributed by atoms with Crippen molar-refractivity contribution in [1.82, 2.24) is 9.21 Å². The highest BCUT2D eigenvalue weighted by molar-refractivity contribution is 7.97. The second kappa shape index (κ2) is 15.4. The van der Waals surface area contributed by atoms with Gasteiger partial charge in [-0.25, -0.2) is 4.31 Å². The zero-order valence-corrected chi connectivity index (χ0v) is 27.2. The third-order valence-electron chi connectivity index (χ3n) is 8.76. The van der Waals surface area contributed by atoms with Crippen molar-refractivity contribution in [3.8, 4) is 22.6 Å². The summed E-state index contributed by atoms with van der Waals surface area (Å²) in [6, 6.07) is 29.8. The van der Waals surface area contributed by atoms with Crippen molar-refractivity contribution in [3.63, 3.8) is 0 Å². The number of benzene rings is 4. The molecule has 3 fully saturated rings. The number of hydrogen-bond acceptors (Lipinski definition) is 6. The molecule has 0 bridgehead atoms. The van der Waals surface area contributed by atoms with Gasteiger partial charge in [-0.3, -0.25) is 4.79 Å². The predicted octanol–water partition coefficient (Wildman–Crippen LogP) is 8.21. The molecular weight excluding hydrogens is 602 g/mol. The van der Waals surface area contributed by atoms with Gasteiger partial charge >= 0.3 is 0 Å². The molecule has 1 saturated carbocycles. The summed E-state index contributed by atoms with van der Waals surface area (Å²) >= 11 is 7.87. The van der Waals surface area contributed by atoms with Gasteiger partial charge in [0, 0.05) is 42.1 Å². The van der Waals surface area contributed by atoms with Crippen LogP contribution in [0.25, 0.3) is 21.9 Å². The summed E-state index contributed by atoms with van der Waals surface area (Å²) in [5.74, 6) is 1.94. The van der Waals surface area contributed by atoms with Crippen LogP contribution in [-0.2, 0) is 4.79 Å². The quantitative estimate of drug-likeness (QED) is 0.154. The van der Waals surface area contributed by atoms with E-state index in [0.29, 0.717) is 6.10 Å². The van der Waals surface area contributed by atoms with E-state index in [1.165, 1.54) is 46.9 Å². The third kappa shape index (κ3) is 8.95. The van der Waals surface area contributed by atoms with Crippen molar-refractivity contribution in [1.29, 1.82) is 0 Å². The molecule has 0 radical (unpaired) electrons. The summed E-state index contributed by atoms with van der Waals surface area (Å²) in [6.07, 6.45) is 9.48. The zero-order chi connectivity index (χ0) is 31.0. The molecule has 3 aliphatic rings. The van der Waals surface area contributed by atoms with Crippen molar-refractivity contribution in [2.45, 2.75) is 68.1 Å². The van der Waals surface area contributed by atoms with E-state index in [1.807, 2.05) is 36.2 Å². The van der Waals surface area contributed by atoms with E-state index in [2.05, 4.69) is 65.0 Å². The minimum Gasteiger partial charge on any atom is -0.490 e. The second-order valence-corrected chi connectivity index (χ2v) is 13.8. The van der Waals surface area contributed by atoms with Crippen molar-refractivity contribution < 1.29 is 14.3 Å². The number of nitrogens with two attached hydrogens (primary N) is 1. The number of hydrogen-bond donors (Lipinski definition) is 1. The van der Waals surface area contributed by atoms with Gasteiger partial charge in [0.25, 0.3) is 0 Å². The Bertz CT molecular complexity index is 1540. The van der Waals surface area contributed by atoms with E-state index < -0.39 is 0 Å². The van der Waals surface area contributed by atoms with Gasteiger partial charge in [-0.1, -0.05) is 48.0 Å². The molecule has 8 heteroatoms. The lowest BCUT2D eigenvalue weighted by atomic mass is 10.1. The van der Waals surface area contributed by atoms with E-state index in [0.717, 1.165) is 73.9 Å². The summed E-state index contributed by atoms with van der Waals surface area (Å²) in [5.41, 5.74) is 7.83. The molecule has 4 aromatic rings. The SMILES string of the molecule is Clc1ccc(-c2ccc(OC3CCN(Sc4ccc5cc(OC6CCCC6)ccc5c4)CC3)cc2)cc1.NC1CCN(C=O)C1. The van der Waals surface area contributed by atoms with E-state index in [1.54, 1.807) is 4.90 Å². The van der Waals surface area contributed by atoms with Crippen LogP contribution in [0.5, 0.6) is 11.5 Å². The molecule has 2 heterocycles. The molecule has 7 rings (SSSR count). The molecule has 236 valence electrons. The molecule has 0 aromatic heterocycles. The number of likely N-dealkylation sites (tertiary alicyclic amines) is 1. The summed E-state index contributed by atoms with van der Waals surface area (Å²) in [7, 11) is 0. The van der Waals surface area contributed by atoms with Crippen LogP contribution in [0.2, 0.25) is 5.02 Å². The lowest BCUT2D eigenvalue weighted by molar-refractivity contribution is -0.117. The van der Waals surface area contributed by atoms with Gasteiger partial charge in [-0.05, 0) is 127 Å². The van der Waals surface area contributed by atoms with Gasteiger partial charge in [0.05, 0.1) is 6.10 Å². The number of nitrogens with zero attached hydrogens (tertiary/aromatic N) is 2. The topological polar surface area (TPSA) is 68.0 Å². The van der Waals surface area contributed by atoms with Crippen molar-refractivity contribution >= 4 is 40.7 Å². The molecule has 6 nitrogen and oxygen atoms in total. The lowest BCUT2D eigenvalue weighted by Crippen LogP contribution is -2.34. The highest BCUT2D eigenvalue weighted by atomic mass is 35.5. The second-order valence-electron chi connectivity index (χ2n) is 12.2. The molecule has 2 N–H and O–H groups in total. The number of rotatable bonds is 8. The first kappa shape index (κ1) is 31.7. The maximum atomic E-state index is 10.0. The first-order valence-electron chi connectivity index (χ1n) is 16.1. The molecule has 4 aromatic carbocycles. The van der Waals surface area contributed by atoms with Crippen LogP contribution in [0, 0.1) is 0 Å². The zero-order valence-electron chi connectivity index (χ0n) is 25.7. The van der Waals surface area contributed by atoms with Gasteiger partial charge in [0.1, 0.15) is 17.6 Å². The smallest absolute Gasteiger partial charge is 0.209 e. The summed E-state index contributed by atoms with van der Waals surface area (Å²) < 4.78 is 15.0. The average molecular weight is 644 g/mol. The number of carbonyl (C=O) groups is 1. The summed E-state index contributed by atoms with van der Waals surface area (Å²) in [4.78, 5) is 13.0. The molecule has 2 aliphatic heterocycles. The van der Waals surface area contributed by atoms with Crippen LogP contribution in [0.4, 0.5) is 0 Å². The van der Waals surface area contributed by atoms with Gasteiger partial charge < -0.3 is 20.1 Å². The Morgan fingerprint density at radius 2 is 1.31 bits per heavy atom. The Labute approximate surface area is 275 Å². The molecule has 1 atom stereocenters. The lowest BCUT2D eigenvalue weighted by Gasteiger charge is -2.31. The monoisotopic (exact) mass is 643 g/mol. The van der Waals surface area contributed by atoms with E-state index in [9.17, 15) is 4.79 Å². The largest absolute Gasteiger partial charge is 0.490 e. The first-order chi connectivity index (χ1) is 22.0. The Hall–Kier alpha value is -3.23. The van der Waals surface area contributed by atoms with Crippen molar-refractivity contribution in [2.24, 2.45) is 5.73 Å². The number of piperidine rings is 1.